The molecule has 3 atom stereocenters. The molecule has 1 unspecified atom stereocenters. The van der Waals surface area contributed by atoms with E-state index >= 15 is 0 Å². The molecule has 218 valence electrons. The number of nitrogens with zero attached hydrogens (tertiary/aromatic N) is 1. The monoisotopic (exact) mass is 583 g/mol. The Kier molecular flexibility index (Phi) is 10.6. The number of rotatable bonds is 9. The molecule has 10 nitrogen and oxygen atoms in total. The molecular formula is C27H41N3O7S2. The molecule has 1 aliphatic carbocycles. The van der Waals surface area contributed by atoms with Crippen LogP contribution in [0.1, 0.15) is 65.4 Å². The zero-order valence-corrected chi connectivity index (χ0v) is 25.0. The maximum Gasteiger partial charge on any atom is 0.411 e. The topological polar surface area (TPSA) is 131 Å². The number of nitrogens with one attached hydrogen (secondary N) is 2. The Morgan fingerprint density at radius 2 is 1.74 bits per heavy atom. The first-order chi connectivity index (χ1) is 18.3. The fourth-order valence-corrected chi connectivity index (χ4v) is 7.81. The van der Waals surface area contributed by atoms with Gasteiger partial charge in [0.15, 0.2) is 0 Å². The second kappa shape index (κ2) is 13.3. The van der Waals surface area contributed by atoms with Crippen LogP contribution in [0.5, 0.6) is 5.75 Å². The first-order valence-corrected chi connectivity index (χ1v) is 16.1. The minimum Gasteiger partial charge on any atom is -0.497 e. The molecule has 0 radical (unpaired) electrons. The van der Waals surface area contributed by atoms with Gasteiger partial charge < -0.3 is 14.8 Å². The highest BCUT2D eigenvalue weighted by Gasteiger charge is 2.39. The predicted octanol–water partition coefficient (Wildman–Crippen LogP) is 3.45. The minimum absolute atomic E-state index is 0.0750. The van der Waals surface area contributed by atoms with Gasteiger partial charge in [0.05, 0.1) is 18.2 Å². The van der Waals surface area contributed by atoms with Crippen LogP contribution in [0.2, 0.25) is 0 Å². The molecule has 1 saturated carbocycles. The number of hydrogen-bond acceptors (Lipinski definition) is 8. The summed E-state index contributed by atoms with van der Waals surface area (Å²) in [6.07, 6.45) is 4.19. The molecule has 2 aliphatic rings. The van der Waals surface area contributed by atoms with E-state index in [0.717, 1.165) is 37.7 Å². The van der Waals surface area contributed by atoms with Crippen LogP contribution < -0.4 is 14.8 Å². The first kappa shape index (κ1) is 31.1. The van der Waals surface area contributed by atoms with Gasteiger partial charge in [-0.3, -0.25) is 19.2 Å². The van der Waals surface area contributed by atoms with E-state index in [1.54, 1.807) is 40.0 Å². The van der Waals surface area contributed by atoms with Crippen molar-refractivity contribution in [2.75, 3.05) is 18.7 Å². The fourth-order valence-electron chi connectivity index (χ4n) is 4.87. The van der Waals surface area contributed by atoms with Gasteiger partial charge in [-0.2, -0.15) is 0 Å². The van der Waals surface area contributed by atoms with Crippen molar-refractivity contribution in [3.05, 3.63) is 29.8 Å². The van der Waals surface area contributed by atoms with E-state index in [-0.39, 0.29) is 18.2 Å². The van der Waals surface area contributed by atoms with Gasteiger partial charge in [0.1, 0.15) is 23.4 Å². The van der Waals surface area contributed by atoms with Crippen LogP contribution in [-0.4, -0.2) is 72.9 Å². The third-order valence-electron chi connectivity index (χ3n) is 6.98. The smallest absolute Gasteiger partial charge is 0.411 e. The quantitative estimate of drug-likeness (QED) is 0.452. The first-order valence-electron chi connectivity index (χ1n) is 13.4. The SMILES string of the molecule is COc1ccc(CC(C2CCCCC2)S(=O)(=O)NC(=O)[C@@H](C)NC(=O)[C@@H]2CSCN2C(=O)OC(C)(C)C)cc1. The second-order valence-electron chi connectivity index (χ2n) is 11.2. The van der Waals surface area contributed by atoms with Gasteiger partial charge in [0.2, 0.25) is 15.9 Å². The zero-order valence-electron chi connectivity index (χ0n) is 23.4. The van der Waals surface area contributed by atoms with Crippen molar-refractivity contribution >= 4 is 39.7 Å². The van der Waals surface area contributed by atoms with Crippen LogP contribution in [0.3, 0.4) is 0 Å². The number of carbonyl (C=O) groups excluding carboxylic acids is 3. The largest absolute Gasteiger partial charge is 0.497 e. The average Bonchev–Trinajstić information content (AvgIpc) is 3.37. The molecular weight excluding hydrogens is 542 g/mol. The summed E-state index contributed by atoms with van der Waals surface area (Å²) < 4.78 is 39.9. The highest BCUT2D eigenvalue weighted by atomic mass is 32.2. The van der Waals surface area contributed by atoms with Crippen LogP contribution in [-0.2, 0) is 30.8 Å². The highest BCUT2D eigenvalue weighted by Crippen LogP contribution is 2.32. The number of amides is 3. The molecule has 3 rings (SSSR count). The number of thioether (sulfide) groups is 1. The number of ether oxygens (including phenoxy) is 2. The molecule has 0 spiro atoms. The molecule has 1 aromatic rings. The van der Waals surface area contributed by atoms with E-state index in [0.29, 0.717) is 11.5 Å². The Bertz CT molecular complexity index is 1110. The molecule has 2 N–H and O–H groups in total. The van der Waals surface area contributed by atoms with Gasteiger partial charge in [-0.1, -0.05) is 31.4 Å². The summed E-state index contributed by atoms with van der Waals surface area (Å²) in [6, 6.07) is 5.32. The number of benzene rings is 1. The molecule has 1 aliphatic heterocycles. The fraction of sp³-hybridized carbons (Fsp3) is 0.667. The van der Waals surface area contributed by atoms with Crippen molar-refractivity contribution < 1.29 is 32.3 Å². The van der Waals surface area contributed by atoms with E-state index in [4.69, 9.17) is 9.47 Å². The third kappa shape index (κ3) is 8.76. The molecule has 0 bridgehead atoms. The maximum atomic E-state index is 13.5. The molecule has 3 amide bonds. The van der Waals surface area contributed by atoms with Crippen LogP contribution in [0.25, 0.3) is 0 Å². The summed E-state index contributed by atoms with van der Waals surface area (Å²) in [5, 5.41) is 1.80. The summed E-state index contributed by atoms with van der Waals surface area (Å²) in [6.45, 7) is 6.66. The maximum absolute atomic E-state index is 13.5. The van der Waals surface area contributed by atoms with Gasteiger partial charge in [-0.25, -0.2) is 13.2 Å². The van der Waals surface area contributed by atoms with E-state index in [1.165, 1.54) is 23.6 Å². The Balaban J connectivity index is 1.67. The highest BCUT2D eigenvalue weighted by molar-refractivity contribution is 7.99. The molecule has 2 fully saturated rings. The van der Waals surface area contributed by atoms with Crippen LogP contribution >= 0.6 is 11.8 Å². The van der Waals surface area contributed by atoms with E-state index < -0.39 is 50.9 Å². The van der Waals surface area contributed by atoms with Gasteiger partial charge in [-0.15, -0.1) is 11.8 Å². The van der Waals surface area contributed by atoms with Crippen molar-refractivity contribution in [3.8, 4) is 5.75 Å². The summed E-state index contributed by atoms with van der Waals surface area (Å²) >= 11 is 1.40. The minimum atomic E-state index is -4.05. The van der Waals surface area contributed by atoms with Crippen molar-refractivity contribution in [3.63, 3.8) is 0 Å². The van der Waals surface area contributed by atoms with Crippen molar-refractivity contribution in [2.24, 2.45) is 5.92 Å². The second-order valence-corrected chi connectivity index (χ2v) is 14.1. The summed E-state index contributed by atoms with van der Waals surface area (Å²) in [5.41, 5.74) is 0.125. The molecule has 0 aromatic heterocycles. The van der Waals surface area contributed by atoms with Crippen molar-refractivity contribution in [1.29, 1.82) is 0 Å². The Hall–Kier alpha value is -2.47. The molecule has 1 heterocycles. The summed E-state index contributed by atoms with van der Waals surface area (Å²) in [5.74, 6) is -0.102. The molecule has 1 saturated heterocycles. The standard InChI is InChI=1S/C27H41N3O7S2/c1-18(28-25(32)22-16-38-17-30(22)26(33)37-27(2,3)4)24(31)29-39(34,35)23(20-9-7-6-8-10-20)15-19-11-13-21(36-5)14-12-19/h11-14,18,20,22-23H,6-10,15-17H2,1-5H3,(H,28,32)(H,29,31)/t18-,22+,23?/m1/s1. The van der Waals surface area contributed by atoms with Gasteiger partial charge in [0.25, 0.3) is 5.91 Å². The lowest BCUT2D eigenvalue weighted by atomic mass is 9.85. The Labute approximate surface area is 236 Å². The number of sulfonamides is 1. The van der Waals surface area contributed by atoms with E-state index in [9.17, 15) is 22.8 Å². The van der Waals surface area contributed by atoms with Crippen molar-refractivity contribution in [1.82, 2.24) is 14.9 Å². The summed E-state index contributed by atoms with van der Waals surface area (Å²) in [4.78, 5) is 39.8. The average molecular weight is 584 g/mol. The Morgan fingerprint density at radius 3 is 2.33 bits per heavy atom. The molecule has 39 heavy (non-hydrogen) atoms. The van der Waals surface area contributed by atoms with Crippen molar-refractivity contribution in [2.45, 2.75) is 89.2 Å². The Morgan fingerprint density at radius 1 is 1.10 bits per heavy atom. The lowest BCUT2D eigenvalue weighted by Gasteiger charge is -2.31. The van der Waals surface area contributed by atoms with E-state index in [2.05, 4.69) is 10.0 Å². The number of methoxy groups -OCH3 is 1. The van der Waals surface area contributed by atoms with Gasteiger partial charge in [-0.05, 0) is 70.6 Å². The molecule has 12 heteroatoms. The lowest BCUT2D eigenvalue weighted by Crippen LogP contribution is -2.55. The van der Waals surface area contributed by atoms with Crippen LogP contribution in [0, 0.1) is 5.92 Å². The molecule has 1 aromatic carbocycles. The number of hydrogen-bond donors (Lipinski definition) is 2. The summed E-state index contributed by atoms with van der Waals surface area (Å²) in [7, 11) is -2.48. The third-order valence-corrected chi connectivity index (χ3v) is 9.82. The van der Waals surface area contributed by atoms with Crippen LogP contribution in [0.4, 0.5) is 4.79 Å². The van der Waals surface area contributed by atoms with E-state index in [1.807, 2.05) is 12.1 Å². The zero-order chi connectivity index (χ0) is 28.8. The predicted molar refractivity (Wildman–Crippen MR) is 151 cm³/mol. The number of carbonyl (C=O) groups is 3. The van der Waals surface area contributed by atoms with Gasteiger partial charge in [0, 0.05) is 5.75 Å². The van der Waals surface area contributed by atoms with Crippen LogP contribution in [0.15, 0.2) is 24.3 Å². The van der Waals surface area contributed by atoms with Gasteiger partial charge >= 0.3 is 6.09 Å². The normalized spacial score (nSPS) is 20.1. The lowest BCUT2D eigenvalue weighted by molar-refractivity contribution is -0.130.